The molecule has 1 amide bonds. The van der Waals surface area contributed by atoms with E-state index in [1.807, 2.05) is 31.5 Å². The quantitative estimate of drug-likeness (QED) is 0.935. The van der Waals surface area contributed by atoms with Crippen molar-refractivity contribution in [2.75, 3.05) is 5.32 Å². The van der Waals surface area contributed by atoms with Gasteiger partial charge in [0.15, 0.2) is 5.82 Å². The second-order valence-electron chi connectivity index (χ2n) is 4.50. The highest BCUT2D eigenvalue weighted by atomic mass is 32.1. The van der Waals surface area contributed by atoms with E-state index in [0.717, 1.165) is 29.4 Å². The number of rotatable bonds is 4. The van der Waals surface area contributed by atoms with Crippen LogP contribution in [0.25, 0.3) is 0 Å². The van der Waals surface area contributed by atoms with Gasteiger partial charge in [0.2, 0.25) is 0 Å². The van der Waals surface area contributed by atoms with Crippen LogP contribution in [0.3, 0.4) is 0 Å². The molecule has 6 heteroatoms. The van der Waals surface area contributed by atoms with Gasteiger partial charge in [-0.2, -0.15) is 5.10 Å². The van der Waals surface area contributed by atoms with Crippen LogP contribution in [0.1, 0.15) is 39.4 Å². The van der Waals surface area contributed by atoms with Crippen LogP contribution in [-0.2, 0) is 6.54 Å². The van der Waals surface area contributed by atoms with Crippen LogP contribution < -0.4 is 5.32 Å². The van der Waals surface area contributed by atoms with Crippen molar-refractivity contribution < 1.29 is 4.79 Å². The molecule has 0 aromatic carbocycles. The molecule has 102 valence electrons. The first-order valence-electron chi connectivity index (χ1n) is 6.31. The van der Waals surface area contributed by atoms with Gasteiger partial charge in [-0.25, -0.2) is 4.98 Å². The van der Waals surface area contributed by atoms with Crippen molar-refractivity contribution in [3.8, 4) is 0 Å². The average molecular weight is 278 g/mol. The largest absolute Gasteiger partial charge is 0.304 e. The molecule has 0 aliphatic carbocycles. The molecule has 2 heterocycles. The van der Waals surface area contributed by atoms with E-state index in [0.29, 0.717) is 10.7 Å². The molecule has 0 saturated heterocycles. The van der Waals surface area contributed by atoms with Crippen molar-refractivity contribution in [1.82, 2.24) is 14.8 Å². The Labute approximate surface area is 116 Å². The van der Waals surface area contributed by atoms with Crippen molar-refractivity contribution in [1.29, 1.82) is 0 Å². The van der Waals surface area contributed by atoms with Gasteiger partial charge in [0.1, 0.15) is 4.88 Å². The summed E-state index contributed by atoms with van der Waals surface area (Å²) in [6.45, 7) is 8.69. The highest BCUT2D eigenvalue weighted by Crippen LogP contribution is 2.19. The molecular weight excluding hydrogens is 260 g/mol. The Morgan fingerprint density at radius 3 is 2.74 bits per heavy atom. The number of nitrogens with one attached hydrogen (secondary N) is 1. The SMILES string of the molecule is CCCn1nc(NC(=O)c2sc(C)nc2C)cc1C. The number of thiazole rings is 1. The maximum atomic E-state index is 12.1. The summed E-state index contributed by atoms with van der Waals surface area (Å²) in [6.07, 6.45) is 1.02. The Morgan fingerprint density at radius 1 is 1.42 bits per heavy atom. The molecule has 0 aliphatic heterocycles. The van der Waals surface area contributed by atoms with E-state index in [-0.39, 0.29) is 5.91 Å². The number of carbonyl (C=O) groups is 1. The molecule has 0 saturated carbocycles. The van der Waals surface area contributed by atoms with Gasteiger partial charge in [0.05, 0.1) is 10.7 Å². The molecule has 0 radical (unpaired) electrons. The summed E-state index contributed by atoms with van der Waals surface area (Å²) in [6, 6.07) is 1.89. The van der Waals surface area contributed by atoms with Crippen LogP contribution in [0.4, 0.5) is 5.82 Å². The van der Waals surface area contributed by atoms with Crippen LogP contribution in [0.5, 0.6) is 0 Å². The van der Waals surface area contributed by atoms with Gasteiger partial charge >= 0.3 is 0 Å². The van der Waals surface area contributed by atoms with Gasteiger partial charge in [-0.15, -0.1) is 11.3 Å². The number of anilines is 1. The molecule has 1 N–H and O–H groups in total. The third-order valence-corrected chi connectivity index (χ3v) is 3.84. The number of aromatic nitrogens is 3. The first kappa shape index (κ1) is 13.7. The number of amides is 1. The summed E-state index contributed by atoms with van der Waals surface area (Å²) in [5.74, 6) is 0.464. The lowest BCUT2D eigenvalue weighted by molar-refractivity contribution is 0.102. The van der Waals surface area contributed by atoms with Gasteiger partial charge in [-0.1, -0.05) is 6.92 Å². The highest BCUT2D eigenvalue weighted by molar-refractivity contribution is 7.13. The third-order valence-electron chi connectivity index (χ3n) is 2.77. The Balaban J connectivity index is 2.15. The fraction of sp³-hybridized carbons (Fsp3) is 0.462. The predicted molar refractivity (Wildman–Crippen MR) is 76.8 cm³/mol. The summed E-state index contributed by atoms with van der Waals surface area (Å²) in [4.78, 5) is 17.0. The van der Waals surface area contributed by atoms with E-state index < -0.39 is 0 Å². The van der Waals surface area contributed by atoms with E-state index in [4.69, 9.17) is 0 Å². The fourth-order valence-electron chi connectivity index (χ4n) is 1.92. The number of carbonyl (C=O) groups excluding carboxylic acids is 1. The first-order valence-corrected chi connectivity index (χ1v) is 7.12. The minimum absolute atomic E-state index is 0.135. The van der Waals surface area contributed by atoms with Crippen molar-refractivity contribution in [3.05, 3.63) is 27.3 Å². The minimum atomic E-state index is -0.135. The Hall–Kier alpha value is -1.69. The zero-order valence-electron chi connectivity index (χ0n) is 11.6. The molecule has 0 unspecified atom stereocenters. The summed E-state index contributed by atoms with van der Waals surface area (Å²) >= 11 is 1.41. The Kier molecular flexibility index (Phi) is 3.99. The van der Waals surface area contributed by atoms with E-state index in [1.165, 1.54) is 11.3 Å². The lowest BCUT2D eigenvalue weighted by atomic mass is 10.3. The van der Waals surface area contributed by atoms with E-state index in [9.17, 15) is 4.79 Å². The zero-order chi connectivity index (χ0) is 14.0. The molecule has 2 aromatic rings. The van der Waals surface area contributed by atoms with E-state index in [1.54, 1.807) is 0 Å². The highest BCUT2D eigenvalue weighted by Gasteiger charge is 2.15. The number of hydrogen-bond acceptors (Lipinski definition) is 4. The second kappa shape index (κ2) is 5.52. The van der Waals surface area contributed by atoms with Crippen LogP contribution >= 0.6 is 11.3 Å². The molecule has 0 spiro atoms. The number of hydrogen-bond donors (Lipinski definition) is 1. The zero-order valence-corrected chi connectivity index (χ0v) is 12.5. The number of aryl methyl sites for hydroxylation is 4. The van der Waals surface area contributed by atoms with E-state index in [2.05, 4.69) is 22.3 Å². The standard InChI is InChI=1S/C13H18N4OS/c1-5-6-17-8(2)7-11(16-17)15-13(18)12-9(3)14-10(4)19-12/h7H,5-6H2,1-4H3,(H,15,16,18). The molecular formula is C13H18N4OS. The fourth-order valence-corrected chi connectivity index (χ4v) is 2.74. The van der Waals surface area contributed by atoms with Gasteiger partial charge in [-0.3, -0.25) is 9.48 Å². The van der Waals surface area contributed by atoms with Gasteiger partial charge in [0, 0.05) is 18.3 Å². The molecule has 19 heavy (non-hydrogen) atoms. The maximum Gasteiger partial charge on any atom is 0.268 e. The molecule has 5 nitrogen and oxygen atoms in total. The Bertz CT molecular complexity index is 600. The predicted octanol–water partition coefficient (Wildman–Crippen LogP) is 2.93. The molecule has 0 bridgehead atoms. The minimum Gasteiger partial charge on any atom is -0.304 e. The van der Waals surface area contributed by atoms with E-state index >= 15 is 0 Å². The van der Waals surface area contributed by atoms with Crippen LogP contribution in [0.15, 0.2) is 6.07 Å². The molecule has 0 atom stereocenters. The summed E-state index contributed by atoms with van der Waals surface area (Å²) in [5, 5.41) is 8.10. The first-order chi connectivity index (χ1) is 9.01. The Morgan fingerprint density at radius 2 is 2.16 bits per heavy atom. The summed E-state index contributed by atoms with van der Waals surface area (Å²) < 4.78 is 1.90. The van der Waals surface area contributed by atoms with Crippen molar-refractivity contribution in [2.45, 2.75) is 40.7 Å². The maximum absolute atomic E-state index is 12.1. The summed E-state index contributed by atoms with van der Waals surface area (Å²) in [7, 11) is 0. The monoisotopic (exact) mass is 278 g/mol. The smallest absolute Gasteiger partial charge is 0.268 e. The van der Waals surface area contributed by atoms with Gasteiger partial charge in [0.25, 0.3) is 5.91 Å². The van der Waals surface area contributed by atoms with Crippen LogP contribution in [0.2, 0.25) is 0 Å². The van der Waals surface area contributed by atoms with Crippen molar-refractivity contribution >= 4 is 23.1 Å². The average Bonchev–Trinajstić information content (AvgIpc) is 2.83. The van der Waals surface area contributed by atoms with Gasteiger partial charge in [-0.05, 0) is 27.2 Å². The van der Waals surface area contributed by atoms with Crippen LogP contribution in [0, 0.1) is 20.8 Å². The molecule has 0 aliphatic rings. The molecule has 0 fully saturated rings. The van der Waals surface area contributed by atoms with Gasteiger partial charge < -0.3 is 5.32 Å². The molecule has 2 rings (SSSR count). The topological polar surface area (TPSA) is 59.8 Å². The molecule has 2 aromatic heterocycles. The lowest BCUT2D eigenvalue weighted by Gasteiger charge is -2.01. The normalized spacial score (nSPS) is 10.7. The number of nitrogens with zero attached hydrogens (tertiary/aromatic N) is 3. The van der Waals surface area contributed by atoms with Crippen LogP contribution in [-0.4, -0.2) is 20.7 Å². The lowest BCUT2D eigenvalue weighted by Crippen LogP contribution is -2.12. The summed E-state index contributed by atoms with van der Waals surface area (Å²) in [5.41, 5.74) is 1.82. The second-order valence-corrected chi connectivity index (χ2v) is 5.70. The van der Waals surface area contributed by atoms with Crippen molar-refractivity contribution in [3.63, 3.8) is 0 Å². The third kappa shape index (κ3) is 3.01. The van der Waals surface area contributed by atoms with Crippen molar-refractivity contribution in [2.24, 2.45) is 0 Å².